The van der Waals surface area contributed by atoms with Crippen LogP contribution in [0.1, 0.15) is 21.7 Å². The first-order chi connectivity index (χ1) is 8.54. The third-order valence-electron chi connectivity index (χ3n) is 3.16. The Morgan fingerprint density at radius 2 is 2.39 bits per heavy atom. The summed E-state index contributed by atoms with van der Waals surface area (Å²) >= 11 is 1.82. The molecule has 0 spiro atoms. The van der Waals surface area contributed by atoms with E-state index in [0.29, 0.717) is 13.2 Å². The maximum absolute atomic E-state index is 10.7. The Labute approximate surface area is 111 Å². The molecule has 1 N–H and O–H groups in total. The van der Waals surface area contributed by atoms with E-state index in [-0.39, 0.29) is 12.5 Å². The van der Waals surface area contributed by atoms with Crippen molar-refractivity contribution in [1.29, 1.82) is 0 Å². The Hall–Kier alpha value is -0.910. The van der Waals surface area contributed by atoms with Gasteiger partial charge in [-0.2, -0.15) is 0 Å². The molecule has 4 nitrogen and oxygen atoms in total. The normalized spacial score (nSPS) is 21.1. The summed E-state index contributed by atoms with van der Waals surface area (Å²) in [5.74, 6) is -0.788. The summed E-state index contributed by atoms with van der Waals surface area (Å²) in [6.07, 6.45) is -0.0747. The molecule has 1 aliphatic heterocycles. The Morgan fingerprint density at radius 3 is 3.00 bits per heavy atom. The second-order valence-electron chi connectivity index (χ2n) is 4.76. The first kappa shape index (κ1) is 13.5. The second-order valence-corrected chi connectivity index (χ2v) is 6.22. The van der Waals surface area contributed by atoms with Gasteiger partial charge in [0.05, 0.1) is 19.1 Å². The van der Waals surface area contributed by atoms with E-state index >= 15 is 0 Å². The van der Waals surface area contributed by atoms with Crippen molar-refractivity contribution < 1.29 is 14.6 Å². The van der Waals surface area contributed by atoms with Crippen molar-refractivity contribution in [2.45, 2.75) is 32.9 Å². The molecule has 1 aliphatic rings. The number of rotatable bonds is 4. The summed E-state index contributed by atoms with van der Waals surface area (Å²) in [5.41, 5.74) is 1.36. The van der Waals surface area contributed by atoms with Crippen molar-refractivity contribution in [1.82, 2.24) is 4.90 Å². The summed E-state index contributed by atoms with van der Waals surface area (Å²) in [7, 11) is 0. The lowest BCUT2D eigenvalue weighted by atomic mass is 10.1. The Bertz CT molecular complexity index is 430. The lowest BCUT2D eigenvalue weighted by Crippen LogP contribution is -2.42. The van der Waals surface area contributed by atoms with E-state index in [9.17, 15) is 4.79 Å². The van der Waals surface area contributed by atoms with Gasteiger partial charge in [0.2, 0.25) is 0 Å². The quantitative estimate of drug-likeness (QED) is 0.909. The molecule has 0 aromatic carbocycles. The van der Waals surface area contributed by atoms with Crippen LogP contribution in [-0.2, 0) is 16.1 Å². The molecule has 1 fully saturated rings. The minimum atomic E-state index is -0.788. The molecule has 0 bridgehead atoms. The number of carboxylic acid groups (broad SMARTS) is 1. The maximum Gasteiger partial charge on any atom is 0.306 e. The van der Waals surface area contributed by atoms with Crippen LogP contribution in [0, 0.1) is 13.8 Å². The highest BCUT2D eigenvalue weighted by Gasteiger charge is 2.23. The third kappa shape index (κ3) is 3.54. The number of aliphatic carboxylic acids is 1. The monoisotopic (exact) mass is 269 g/mol. The average Bonchev–Trinajstić information content (AvgIpc) is 2.57. The number of hydrogen-bond donors (Lipinski definition) is 1. The molecule has 18 heavy (non-hydrogen) atoms. The standard InChI is InChI=1S/C13H19NO3S/c1-9-5-11(10(2)18-9)7-14-3-4-17-12(8-14)6-13(15)16/h5,12H,3-4,6-8H2,1-2H3,(H,15,16). The molecule has 0 radical (unpaired) electrons. The topological polar surface area (TPSA) is 49.8 Å². The Kier molecular flexibility index (Phi) is 4.37. The number of ether oxygens (including phenoxy) is 1. The SMILES string of the molecule is Cc1cc(CN2CCOC(CC(=O)O)C2)c(C)s1. The number of hydrogen-bond acceptors (Lipinski definition) is 4. The number of carbonyl (C=O) groups is 1. The lowest BCUT2D eigenvalue weighted by molar-refractivity contribution is -0.142. The number of morpholine rings is 1. The zero-order valence-corrected chi connectivity index (χ0v) is 11.6. The fourth-order valence-corrected chi connectivity index (χ4v) is 3.26. The molecule has 2 heterocycles. The Morgan fingerprint density at radius 1 is 1.61 bits per heavy atom. The van der Waals surface area contributed by atoms with Gasteiger partial charge in [0, 0.05) is 29.4 Å². The minimum Gasteiger partial charge on any atom is -0.481 e. The van der Waals surface area contributed by atoms with Crippen LogP contribution < -0.4 is 0 Å². The van der Waals surface area contributed by atoms with Crippen LogP contribution in [0.5, 0.6) is 0 Å². The molecule has 5 heteroatoms. The molecular weight excluding hydrogens is 250 g/mol. The van der Waals surface area contributed by atoms with Crippen molar-refractivity contribution in [3.05, 3.63) is 21.4 Å². The number of nitrogens with zero attached hydrogens (tertiary/aromatic N) is 1. The summed E-state index contributed by atoms with van der Waals surface area (Å²) in [5, 5.41) is 8.79. The maximum atomic E-state index is 10.7. The lowest BCUT2D eigenvalue weighted by Gasteiger charge is -2.32. The van der Waals surface area contributed by atoms with E-state index in [1.165, 1.54) is 15.3 Å². The van der Waals surface area contributed by atoms with Crippen molar-refractivity contribution in [3.63, 3.8) is 0 Å². The summed E-state index contributed by atoms with van der Waals surface area (Å²) < 4.78 is 5.47. The first-order valence-corrected chi connectivity index (χ1v) is 6.98. The number of thiophene rings is 1. The van der Waals surface area contributed by atoms with Gasteiger partial charge in [0.25, 0.3) is 0 Å². The molecule has 2 rings (SSSR count). The zero-order valence-electron chi connectivity index (χ0n) is 10.8. The van der Waals surface area contributed by atoms with E-state index in [4.69, 9.17) is 9.84 Å². The van der Waals surface area contributed by atoms with Crippen LogP contribution in [0.3, 0.4) is 0 Å². The molecule has 0 saturated carbocycles. The summed E-state index contributed by atoms with van der Waals surface area (Å²) in [4.78, 5) is 15.7. The second kappa shape index (κ2) is 5.82. The van der Waals surface area contributed by atoms with Gasteiger partial charge in [-0.1, -0.05) is 0 Å². The van der Waals surface area contributed by atoms with Crippen LogP contribution in [0.25, 0.3) is 0 Å². The molecule has 1 saturated heterocycles. The highest BCUT2D eigenvalue weighted by atomic mass is 32.1. The van der Waals surface area contributed by atoms with Gasteiger partial charge in [0.1, 0.15) is 0 Å². The smallest absolute Gasteiger partial charge is 0.306 e. The van der Waals surface area contributed by atoms with E-state index in [1.807, 2.05) is 11.3 Å². The molecule has 1 atom stereocenters. The fraction of sp³-hybridized carbons (Fsp3) is 0.615. The van der Waals surface area contributed by atoms with Crippen molar-refractivity contribution >= 4 is 17.3 Å². The molecule has 0 aliphatic carbocycles. The van der Waals surface area contributed by atoms with Crippen LogP contribution >= 0.6 is 11.3 Å². The molecule has 1 aromatic rings. The molecular formula is C13H19NO3S. The number of aryl methyl sites for hydroxylation is 2. The van der Waals surface area contributed by atoms with E-state index in [2.05, 4.69) is 24.8 Å². The van der Waals surface area contributed by atoms with Crippen LogP contribution in [0.2, 0.25) is 0 Å². The average molecular weight is 269 g/mol. The fourth-order valence-electron chi connectivity index (χ4n) is 2.32. The zero-order chi connectivity index (χ0) is 13.1. The molecule has 1 unspecified atom stereocenters. The van der Waals surface area contributed by atoms with Gasteiger partial charge in [0.15, 0.2) is 0 Å². The van der Waals surface area contributed by atoms with Gasteiger partial charge in [-0.05, 0) is 25.5 Å². The van der Waals surface area contributed by atoms with Crippen molar-refractivity contribution in [2.24, 2.45) is 0 Å². The van der Waals surface area contributed by atoms with Crippen molar-refractivity contribution in [3.8, 4) is 0 Å². The van der Waals surface area contributed by atoms with Gasteiger partial charge in [-0.15, -0.1) is 11.3 Å². The van der Waals surface area contributed by atoms with Crippen LogP contribution in [0.15, 0.2) is 6.07 Å². The van der Waals surface area contributed by atoms with E-state index in [0.717, 1.165) is 13.1 Å². The Balaban J connectivity index is 1.93. The van der Waals surface area contributed by atoms with Crippen molar-refractivity contribution in [2.75, 3.05) is 19.7 Å². The van der Waals surface area contributed by atoms with Gasteiger partial charge >= 0.3 is 5.97 Å². The van der Waals surface area contributed by atoms with Gasteiger partial charge in [-0.3, -0.25) is 9.69 Å². The van der Waals surface area contributed by atoms with Crippen LogP contribution in [0.4, 0.5) is 0 Å². The molecule has 100 valence electrons. The highest BCUT2D eigenvalue weighted by Crippen LogP contribution is 2.23. The molecule has 0 amide bonds. The largest absolute Gasteiger partial charge is 0.481 e. The summed E-state index contributed by atoms with van der Waals surface area (Å²) in [6.45, 7) is 7.37. The van der Waals surface area contributed by atoms with E-state index in [1.54, 1.807) is 0 Å². The first-order valence-electron chi connectivity index (χ1n) is 6.16. The summed E-state index contributed by atoms with van der Waals surface area (Å²) in [6, 6.07) is 2.22. The molecule has 1 aromatic heterocycles. The van der Waals surface area contributed by atoms with Crippen LogP contribution in [-0.4, -0.2) is 41.8 Å². The minimum absolute atomic E-state index is 0.0954. The highest BCUT2D eigenvalue weighted by molar-refractivity contribution is 7.12. The van der Waals surface area contributed by atoms with Gasteiger partial charge < -0.3 is 9.84 Å². The predicted molar refractivity (Wildman–Crippen MR) is 71.1 cm³/mol. The van der Waals surface area contributed by atoms with E-state index < -0.39 is 5.97 Å². The third-order valence-corrected chi connectivity index (χ3v) is 4.17. The number of carboxylic acids is 1. The predicted octanol–water partition coefficient (Wildman–Crippen LogP) is 2.04. The van der Waals surface area contributed by atoms with Gasteiger partial charge in [-0.25, -0.2) is 0 Å².